The zero-order valence-corrected chi connectivity index (χ0v) is 10.6. The molecule has 0 amide bonds. The number of hydrogen-bond acceptors (Lipinski definition) is 5. The molecule has 3 rings (SSSR count). The van der Waals surface area contributed by atoms with Gasteiger partial charge in [-0.05, 0) is 24.7 Å². The van der Waals surface area contributed by atoms with E-state index in [-0.39, 0.29) is 5.95 Å². The topological polar surface area (TPSA) is 92.5 Å². The number of nitrogen functional groups attached to an aromatic ring is 1. The summed E-state index contributed by atoms with van der Waals surface area (Å²) in [6.07, 6.45) is 4.17. The minimum absolute atomic E-state index is 0.271. The van der Waals surface area contributed by atoms with E-state index in [1.165, 1.54) is 12.8 Å². The number of aromatic nitrogens is 4. The van der Waals surface area contributed by atoms with E-state index in [2.05, 4.69) is 39.3 Å². The molecule has 3 atom stereocenters. The van der Waals surface area contributed by atoms with Crippen molar-refractivity contribution in [3.63, 3.8) is 0 Å². The molecule has 0 bridgehead atoms. The number of nitrogens with zero attached hydrogens (tertiary/aromatic N) is 3. The van der Waals surface area contributed by atoms with Crippen LogP contribution in [-0.2, 0) is 0 Å². The molecule has 6 nitrogen and oxygen atoms in total. The van der Waals surface area contributed by atoms with E-state index in [1.54, 1.807) is 6.20 Å². The largest absolute Gasteiger partial charge is 0.368 e. The average molecular weight is 246 g/mol. The molecule has 2 aromatic heterocycles. The molecule has 4 N–H and O–H groups in total. The van der Waals surface area contributed by atoms with Gasteiger partial charge in [0.25, 0.3) is 0 Å². The number of rotatable bonds is 2. The van der Waals surface area contributed by atoms with Crippen molar-refractivity contribution in [1.82, 2.24) is 20.2 Å². The standard InChI is InChI=1S/C12H18N6/c1-6-3-4-9(7(6)2)15-10-8-5-14-18-11(8)17-12(13)16-10/h5-7,9H,3-4H2,1-2H3,(H4,13,14,15,16,17,18). The zero-order chi connectivity index (χ0) is 12.7. The number of aromatic amines is 1. The van der Waals surface area contributed by atoms with Gasteiger partial charge in [0.05, 0.1) is 11.6 Å². The molecule has 1 aliphatic carbocycles. The van der Waals surface area contributed by atoms with E-state index in [0.29, 0.717) is 17.6 Å². The fraction of sp³-hybridized carbons (Fsp3) is 0.583. The Morgan fingerprint density at radius 1 is 1.33 bits per heavy atom. The lowest BCUT2D eigenvalue weighted by atomic mass is 9.98. The van der Waals surface area contributed by atoms with Crippen molar-refractivity contribution in [1.29, 1.82) is 0 Å². The molecule has 0 radical (unpaired) electrons. The Balaban J connectivity index is 1.92. The lowest BCUT2D eigenvalue weighted by Crippen LogP contribution is -2.24. The third kappa shape index (κ3) is 1.77. The Morgan fingerprint density at radius 2 is 2.17 bits per heavy atom. The van der Waals surface area contributed by atoms with E-state index in [4.69, 9.17) is 5.73 Å². The van der Waals surface area contributed by atoms with Crippen LogP contribution in [-0.4, -0.2) is 26.2 Å². The molecule has 1 aliphatic rings. The molecule has 2 aromatic rings. The van der Waals surface area contributed by atoms with Crippen LogP contribution in [0.3, 0.4) is 0 Å². The van der Waals surface area contributed by atoms with Crippen LogP contribution in [0.25, 0.3) is 11.0 Å². The van der Waals surface area contributed by atoms with Gasteiger partial charge in [-0.2, -0.15) is 15.1 Å². The predicted octanol–water partition coefficient (Wildman–Crippen LogP) is 1.78. The van der Waals surface area contributed by atoms with E-state index >= 15 is 0 Å². The van der Waals surface area contributed by atoms with Crippen molar-refractivity contribution in [3.05, 3.63) is 6.20 Å². The molecule has 18 heavy (non-hydrogen) atoms. The lowest BCUT2D eigenvalue weighted by Gasteiger charge is -2.20. The summed E-state index contributed by atoms with van der Waals surface area (Å²) in [4.78, 5) is 8.41. The molecular formula is C12H18N6. The Morgan fingerprint density at radius 3 is 2.89 bits per heavy atom. The summed E-state index contributed by atoms with van der Waals surface area (Å²) in [7, 11) is 0. The van der Waals surface area contributed by atoms with Gasteiger partial charge in [-0.25, -0.2) is 0 Å². The van der Waals surface area contributed by atoms with Crippen molar-refractivity contribution >= 4 is 22.8 Å². The highest BCUT2D eigenvalue weighted by atomic mass is 15.2. The summed E-state index contributed by atoms with van der Waals surface area (Å²) in [6, 6.07) is 0.451. The van der Waals surface area contributed by atoms with E-state index in [0.717, 1.165) is 17.1 Å². The van der Waals surface area contributed by atoms with Crippen molar-refractivity contribution in [2.45, 2.75) is 32.7 Å². The Labute approximate surface area is 105 Å². The maximum atomic E-state index is 5.71. The second-order valence-electron chi connectivity index (χ2n) is 5.23. The molecule has 6 heteroatoms. The Kier molecular flexibility index (Phi) is 2.57. The number of H-pyrrole nitrogens is 1. The van der Waals surface area contributed by atoms with Gasteiger partial charge in [0.1, 0.15) is 5.82 Å². The highest BCUT2D eigenvalue weighted by Crippen LogP contribution is 2.34. The van der Waals surface area contributed by atoms with Gasteiger partial charge >= 0.3 is 0 Å². The number of hydrogen-bond donors (Lipinski definition) is 3. The van der Waals surface area contributed by atoms with Crippen LogP contribution in [0.4, 0.5) is 11.8 Å². The van der Waals surface area contributed by atoms with Crippen LogP contribution >= 0.6 is 0 Å². The summed E-state index contributed by atoms with van der Waals surface area (Å²) < 4.78 is 0. The molecule has 0 aliphatic heterocycles. The third-order valence-corrected chi connectivity index (χ3v) is 4.11. The molecule has 1 saturated carbocycles. The van der Waals surface area contributed by atoms with Gasteiger partial charge in [0.15, 0.2) is 5.65 Å². The number of nitrogens with two attached hydrogens (primary N) is 1. The van der Waals surface area contributed by atoms with Crippen molar-refractivity contribution in [2.24, 2.45) is 11.8 Å². The molecule has 0 saturated heterocycles. The van der Waals surface area contributed by atoms with Crippen LogP contribution in [0.5, 0.6) is 0 Å². The minimum atomic E-state index is 0.271. The first-order valence-corrected chi connectivity index (χ1v) is 6.38. The molecule has 96 valence electrons. The summed E-state index contributed by atoms with van der Waals surface area (Å²) in [6.45, 7) is 4.58. The second kappa shape index (κ2) is 4.12. The highest BCUT2D eigenvalue weighted by molar-refractivity contribution is 5.86. The fourth-order valence-electron chi connectivity index (χ4n) is 2.71. The first-order valence-electron chi connectivity index (χ1n) is 6.38. The zero-order valence-electron chi connectivity index (χ0n) is 10.6. The first-order chi connectivity index (χ1) is 8.65. The first kappa shape index (κ1) is 11.3. The van der Waals surface area contributed by atoms with E-state index < -0.39 is 0 Å². The lowest BCUT2D eigenvalue weighted by molar-refractivity contribution is 0.435. The maximum absolute atomic E-state index is 5.71. The van der Waals surface area contributed by atoms with Crippen molar-refractivity contribution in [3.8, 4) is 0 Å². The molecular weight excluding hydrogens is 228 g/mol. The van der Waals surface area contributed by atoms with Gasteiger partial charge in [-0.3, -0.25) is 5.10 Å². The summed E-state index contributed by atoms with van der Waals surface area (Å²) in [5, 5.41) is 11.2. The van der Waals surface area contributed by atoms with Crippen LogP contribution < -0.4 is 11.1 Å². The van der Waals surface area contributed by atoms with Crippen LogP contribution in [0.15, 0.2) is 6.20 Å². The minimum Gasteiger partial charge on any atom is -0.368 e. The predicted molar refractivity (Wildman–Crippen MR) is 71.1 cm³/mol. The number of anilines is 2. The molecule has 1 fully saturated rings. The molecule has 0 spiro atoms. The maximum Gasteiger partial charge on any atom is 0.224 e. The highest BCUT2D eigenvalue weighted by Gasteiger charge is 2.30. The summed E-state index contributed by atoms with van der Waals surface area (Å²) >= 11 is 0. The van der Waals surface area contributed by atoms with Gasteiger partial charge < -0.3 is 11.1 Å². The second-order valence-corrected chi connectivity index (χ2v) is 5.23. The smallest absolute Gasteiger partial charge is 0.224 e. The van der Waals surface area contributed by atoms with Gasteiger partial charge in [-0.1, -0.05) is 13.8 Å². The van der Waals surface area contributed by atoms with Crippen LogP contribution in [0.2, 0.25) is 0 Å². The Bertz CT molecular complexity index is 563. The number of fused-ring (bicyclic) bond motifs is 1. The van der Waals surface area contributed by atoms with E-state index in [9.17, 15) is 0 Å². The van der Waals surface area contributed by atoms with E-state index in [1.807, 2.05) is 0 Å². The Hall–Kier alpha value is -1.85. The molecule has 2 heterocycles. The molecule has 3 unspecified atom stereocenters. The number of nitrogens with one attached hydrogen (secondary N) is 2. The van der Waals surface area contributed by atoms with Gasteiger partial charge in [0, 0.05) is 6.04 Å². The fourth-order valence-corrected chi connectivity index (χ4v) is 2.71. The summed E-state index contributed by atoms with van der Waals surface area (Å²) in [5.41, 5.74) is 6.39. The monoisotopic (exact) mass is 246 g/mol. The molecule has 0 aromatic carbocycles. The average Bonchev–Trinajstić information content (AvgIpc) is 2.90. The normalized spacial score (nSPS) is 27.8. The summed E-state index contributed by atoms with van der Waals surface area (Å²) in [5.74, 6) is 2.45. The quantitative estimate of drug-likeness (QED) is 0.751. The SMILES string of the molecule is CC1CCC(Nc2nc(N)nc3[nH]ncc23)C1C. The van der Waals surface area contributed by atoms with Crippen molar-refractivity contribution in [2.75, 3.05) is 11.1 Å². The van der Waals surface area contributed by atoms with Crippen LogP contribution in [0.1, 0.15) is 26.7 Å². The van der Waals surface area contributed by atoms with Crippen molar-refractivity contribution < 1.29 is 0 Å². The van der Waals surface area contributed by atoms with Gasteiger partial charge in [-0.15, -0.1) is 0 Å². The van der Waals surface area contributed by atoms with Crippen LogP contribution in [0, 0.1) is 11.8 Å². The van der Waals surface area contributed by atoms with Gasteiger partial charge in [0.2, 0.25) is 5.95 Å². The third-order valence-electron chi connectivity index (χ3n) is 4.11.